The Morgan fingerprint density at radius 3 is 2.58 bits per heavy atom. The van der Waals surface area contributed by atoms with E-state index in [-0.39, 0.29) is 5.91 Å². The molecule has 1 amide bonds. The third-order valence-corrected chi connectivity index (χ3v) is 6.34. The molecule has 0 aliphatic heterocycles. The van der Waals surface area contributed by atoms with Gasteiger partial charge in [0.2, 0.25) is 5.91 Å². The fourth-order valence-electron chi connectivity index (χ4n) is 4.36. The Kier molecular flexibility index (Phi) is 5.69. The Labute approximate surface area is 152 Å². The number of carbonyl (C=O) groups is 1. The highest BCUT2D eigenvalue weighted by Crippen LogP contribution is 2.49. The monoisotopic (exact) mass is 395 g/mol. The summed E-state index contributed by atoms with van der Waals surface area (Å²) in [5.41, 5.74) is 1.10. The number of hydrogen-bond donors (Lipinski definition) is 1. The summed E-state index contributed by atoms with van der Waals surface area (Å²) >= 11 is 3.56. The molecule has 2 fully saturated rings. The number of methoxy groups -OCH3 is 2. The Hall–Kier alpha value is -1.23. The molecule has 3 atom stereocenters. The fraction of sp³-hybridized carbons (Fsp3) is 0.632. The van der Waals surface area contributed by atoms with Crippen molar-refractivity contribution < 1.29 is 14.3 Å². The molecule has 24 heavy (non-hydrogen) atoms. The SMILES string of the molecule is COc1cc(Br)c(CCNC(=O)CC2CC3CCC2C3)cc1OC. The molecule has 1 aromatic carbocycles. The Balaban J connectivity index is 1.48. The van der Waals surface area contributed by atoms with Gasteiger partial charge in [0.1, 0.15) is 0 Å². The van der Waals surface area contributed by atoms with Crippen molar-refractivity contribution in [1.82, 2.24) is 5.32 Å². The van der Waals surface area contributed by atoms with Crippen LogP contribution in [0.5, 0.6) is 11.5 Å². The van der Waals surface area contributed by atoms with Gasteiger partial charge in [0.05, 0.1) is 14.2 Å². The Bertz CT molecular complexity index is 605. The van der Waals surface area contributed by atoms with Gasteiger partial charge in [-0.25, -0.2) is 0 Å². The largest absolute Gasteiger partial charge is 0.493 e. The van der Waals surface area contributed by atoms with Crippen LogP contribution in [0.15, 0.2) is 16.6 Å². The van der Waals surface area contributed by atoms with Gasteiger partial charge < -0.3 is 14.8 Å². The molecule has 5 heteroatoms. The molecule has 4 nitrogen and oxygen atoms in total. The maximum atomic E-state index is 12.2. The van der Waals surface area contributed by atoms with E-state index in [0.29, 0.717) is 30.4 Å². The lowest BCUT2D eigenvalue weighted by Crippen LogP contribution is -2.29. The number of benzene rings is 1. The van der Waals surface area contributed by atoms with Crippen LogP contribution in [0.25, 0.3) is 0 Å². The van der Waals surface area contributed by atoms with Crippen LogP contribution in [-0.2, 0) is 11.2 Å². The molecule has 3 rings (SSSR count). The van der Waals surface area contributed by atoms with Crippen LogP contribution in [-0.4, -0.2) is 26.7 Å². The fourth-order valence-corrected chi connectivity index (χ4v) is 4.88. The van der Waals surface area contributed by atoms with Crippen molar-refractivity contribution in [3.8, 4) is 11.5 Å². The molecule has 0 saturated heterocycles. The van der Waals surface area contributed by atoms with Gasteiger partial charge in [0, 0.05) is 17.4 Å². The Morgan fingerprint density at radius 2 is 1.96 bits per heavy atom. The zero-order valence-corrected chi connectivity index (χ0v) is 16.0. The van der Waals surface area contributed by atoms with E-state index < -0.39 is 0 Å². The van der Waals surface area contributed by atoms with Crippen molar-refractivity contribution in [3.05, 3.63) is 22.2 Å². The summed E-state index contributed by atoms with van der Waals surface area (Å²) < 4.78 is 11.6. The van der Waals surface area contributed by atoms with Crippen LogP contribution >= 0.6 is 15.9 Å². The third-order valence-electron chi connectivity index (χ3n) is 5.60. The number of carbonyl (C=O) groups excluding carboxylic acids is 1. The smallest absolute Gasteiger partial charge is 0.220 e. The Morgan fingerprint density at radius 1 is 1.21 bits per heavy atom. The number of fused-ring (bicyclic) bond motifs is 2. The molecule has 3 unspecified atom stereocenters. The third kappa shape index (κ3) is 3.88. The van der Waals surface area contributed by atoms with Gasteiger partial charge in [0.15, 0.2) is 11.5 Å². The van der Waals surface area contributed by atoms with E-state index in [1.165, 1.54) is 25.7 Å². The van der Waals surface area contributed by atoms with Gasteiger partial charge in [-0.3, -0.25) is 4.79 Å². The topological polar surface area (TPSA) is 47.6 Å². The second-order valence-corrected chi connectivity index (χ2v) is 7.89. The summed E-state index contributed by atoms with van der Waals surface area (Å²) in [5, 5.41) is 3.08. The van der Waals surface area contributed by atoms with Gasteiger partial charge in [0.25, 0.3) is 0 Å². The van der Waals surface area contributed by atoms with E-state index in [0.717, 1.165) is 28.3 Å². The highest BCUT2D eigenvalue weighted by molar-refractivity contribution is 9.10. The number of rotatable bonds is 7. The molecule has 2 aliphatic rings. The molecule has 1 N–H and O–H groups in total. The highest BCUT2D eigenvalue weighted by atomic mass is 79.9. The normalized spacial score (nSPS) is 24.9. The van der Waals surface area contributed by atoms with Crippen LogP contribution in [0.2, 0.25) is 0 Å². The maximum absolute atomic E-state index is 12.2. The van der Waals surface area contributed by atoms with Crippen molar-refractivity contribution in [1.29, 1.82) is 0 Å². The molecular formula is C19H26BrNO3. The van der Waals surface area contributed by atoms with Crippen LogP contribution in [0, 0.1) is 17.8 Å². The first-order valence-electron chi connectivity index (χ1n) is 8.77. The zero-order chi connectivity index (χ0) is 17.1. The molecule has 1 aromatic rings. The van der Waals surface area contributed by atoms with Gasteiger partial charge in [-0.15, -0.1) is 0 Å². The van der Waals surface area contributed by atoms with Gasteiger partial charge >= 0.3 is 0 Å². The van der Waals surface area contributed by atoms with Crippen LogP contribution in [0.1, 0.15) is 37.7 Å². The standard InChI is InChI=1S/C19H26BrNO3/c1-23-17-9-14(16(20)11-18(17)24-2)5-6-21-19(22)10-15-8-12-3-4-13(15)7-12/h9,11-13,15H,3-8,10H2,1-2H3,(H,21,22). The minimum Gasteiger partial charge on any atom is -0.493 e. The van der Waals surface area contributed by atoms with Crippen LogP contribution < -0.4 is 14.8 Å². The van der Waals surface area contributed by atoms with E-state index in [1.807, 2.05) is 12.1 Å². The van der Waals surface area contributed by atoms with Gasteiger partial charge in [-0.05, 0) is 61.1 Å². The molecular weight excluding hydrogens is 370 g/mol. The average molecular weight is 396 g/mol. The van der Waals surface area contributed by atoms with Gasteiger partial charge in [-0.2, -0.15) is 0 Å². The predicted octanol–water partition coefficient (Wildman–Crippen LogP) is 3.95. The minimum atomic E-state index is 0.198. The highest BCUT2D eigenvalue weighted by Gasteiger charge is 2.39. The van der Waals surface area contributed by atoms with Crippen molar-refractivity contribution >= 4 is 21.8 Å². The molecule has 2 aliphatic carbocycles. The second-order valence-electron chi connectivity index (χ2n) is 7.04. The average Bonchev–Trinajstić information content (AvgIpc) is 3.18. The van der Waals surface area contributed by atoms with E-state index >= 15 is 0 Å². The number of ether oxygens (including phenoxy) is 2. The lowest BCUT2D eigenvalue weighted by atomic mass is 9.86. The maximum Gasteiger partial charge on any atom is 0.220 e. The summed E-state index contributed by atoms with van der Waals surface area (Å²) in [7, 11) is 3.26. The summed E-state index contributed by atoms with van der Waals surface area (Å²) in [6.07, 6.45) is 6.81. The predicted molar refractivity (Wildman–Crippen MR) is 97.5 cm³/mol. The summed E-state index contributed by atoms with van der Waals surface area (Å²) in [5.74, 6) is 3.94. The van der Waals surface area contributed by atoms with E-state index in [9.17, 15) is 4.79 Å². The first-order valence-corrected chi connectivity index (χ1v) is 9.57. The second kappa shape index (κ2) is 7.77. The molecule has 0 radical (unpaired) electrons. The molecule has 0 aromatic heterocycles. The number of amides is 1. The van der Waals surface area contributed by atoms with Crippen LogP contribution in [0.4, 0.5) is 0 Å². The van der Waals surface area contributed by atoms with Crippen molar-refractivity contribution in [2.75, 3.05) is 20.8 Å². The lowest BCUT2D eigenvalue weighted by Gasteiger charge is -2.21. The van der Waals surface area contributed by atoms with Crippen molar-refractivity contribution in [2.45, 2.75) is 38.5 Å². The summed E-state index contributed by atoms with van der Waals surface area (Å²) in [4.78, 5) is 12.2. The lowest BCUT2D eigenvalue weighted by molar-refractivity contribution is -0.122. The van der Waals surface area contributed by atoms with E-state index in [1.54, 1.807) is 14.2 Å². The molecule has 132 valence electrons. The molecule has 0 spiro atoms. The van der Waals surface area contributed by atoms with E-state index in [2.05, 4.69) is 21.2 Å². The number of nitrogens with one attached hydrogen (secondary N) is 1. The number of halogens is 1. The molecule has 0 heterocycles. The van der Waals surface area contributed by atoms with Crippen molar-refractivity contribution in [2.24, 2.45) is 17.8 Å². The summed E-state index contributed by atoms with van der Waals surface area (Å²) in [6.45, 7) is 0.647. The molecule has 2 saturated carbocycles. The zero-order valence-electron chi connectivity index (χ0n) is 14.4. The van der Waals surface area contributed by atoms with Crippen molar-refractivity contribution in [3.63, 3.8) is 0 Å². The number of hydrogen-bond acceptors (Lipinski definition) is 3. The van der Waals surface area contributed by atoms with Gasteiger partial charge in [-0.1, -0.05) is 22.4 Å². The quantitative estimate of drug-likeness (QED) is 0.759. The first kappa shape index (κ1) is 17.6. The van der Waals surface area contributed by atoms with Crippen LogP contribution in [0.3, 0.4) is 0 Å². The van der Waals surface area contributed by atoms with E-state index in [4.69, 9.17) is 9.47 Å². The molecule has 2 bridgehead atoms. The minimum absolute atomic E-state index is 0.198. The summed E-state index contributed by atoms with van der Waals surface area (Å²) in [6, 6.07) is 3.87. The first-order chi connectivity index (χ1) is 11.6.